The van der Waals surface area contributed by atoms with E-state index in [0.717, 1.165) is 24.3 Å². The Morgan fingerprint density at radius 1 is 0.875 bits per heavy atom. The number of benzene rings is 3. The number of rotatable bonds is 9. The molecule has 0 spiro atoms. The van der Waals surface area contributed by atoms with Crippen molar-refractivity contribution in [2.75, 3.05) is 30.2 Å². The second-order valence-corrected chi connectivity index (χ2v) is 8.55. The Kier molecular flexibility index (Phi) is 7.10. The van der Waals surface area contributed by atoms with Crippen molar-refractivity contribution < 1.29 is 9.84 Å². The van der Waals surface area contributed by atoms with Crippen LogP contribution in [0.15, 0.2) is 72.8 Å². The lowest BCUT2D eigenvalue weighted by Crippen LogP contribution is -2.58. The van der Waals surface area contributed by atoms with Crippen molar-refractivity contribution in [2.45, 2.75) is 39.1 Å². The van der Waals surface area contributed by atoms with Crippen LogP contribution in [0.5, 0.6) is 0 Å². The molecule has 5 nitrogen and oxygen atoms in total. The van der Waals surface area contributed by atoms with E-state index in [2.05, 4.69) is 102 Å². The molecule has 3 aromatic rings. The van der Waals surface area contributed by atoms with E-state index in [-0.39, 0.29) is 18.9 Å². The number of methoxy groups -OCH3 is 1. The lowest BCUT2D eigenvalue weighted by molar-refractivity contribution is 0.156. The van der Waals surface area contributed by atoms with E-state index < -0.39 is 0 Å². The first-order chi connectivity index (χ1) is 15.6. The van der Waals surface area contributed by atoms with E-state index in [1.807, 2.05) is 0 Å². The summed E-state index contributed by atoms with van der Waals surface area (Å²) in [5.74, 6) is 0. The second kappa shape index (κ2) is 10.2. The van der Waals surface area contributed by atoms with Gasteiger partial charge in [0.15, 0.2) is 6.29 Å². The van der Waals surface area contributed by atoms with Crippen molar-refractivity contribution in [1.29, 1.82) is 0 Å². The summed E-state index contributed by atoms with van der Waals surface area (Å²) >= 11 is 0. The molecule has 1 aliphatic heterocycles. The molecule has 168 valence electrons. The Hall–Kier alpha value is -2.86. The Morgan fingerprint density at radius 2 is 1.47 bits per heavy atom. The zero-order valence-corrected chi connectivity index (χ0v) is 19.2. The summed E-state index contributed by atoms with van der Waals surface area (Å²) in [6.07, 6.45) is 0.630. The average molecular weight is 432 g/mol. The second-order valence-electron chi connectivity index (χ2n) is 8.55. The minimum absolute atomic E-state index is 0.0613. The number of hydrogen-bond acceptors (Lipinski definition) is 5. The van der Waals surface area contributed by atoms with Crippen LogP contribution in [0.1, 0.15) is 22.3 Å². The zero-order chi connectivity index (χ0) is 22.5. The van der Waals surface area contributed by atoms with Gasteiger partial charge in [-0.3, -0.25) is 5.32 Å². The number of para-hydroxylation sites is 2. The van der Waals surface area contributed by atoms with Crippen LogP contribution >= 0.6 is 0 Å². The summed E-state index contributed by atoms with van der Waals surface area (Å²) in [7, 11) is 1.69. The normalized spacial score (nSPS) is 16.3. The lowest BCUT2D eigenvalue weighted by Gasteiger charge is -2.38. The van der Waals surface area contributed by atoms with Crippen molar-refractivity contribution in [1.82, 2.24) is 5.32 Å². The first kappa shape index (κ1) is 22.3. The maximum absolute atomic E-state index is 10.5. The number of aryl methyl sites for hydroxylation is 2. The fourth-order valence-electron chi connectivity index (χ4n) is 4.41. The van der Waals surface area contributed by atoms with E-state index in [1.165, 1.54) is 22.3 Å². The number of hydrogen-bond donors (Lipinski definition) is 2. The lowest BCUT2D eigenvalue weighted by atomic mass is 10.0. The van der Waals surface area contributed by atoms with Crippen LogP contribution in [0.25, 0.3) is 0 Å². The number of aliphatic hydroxyl groups excluding tert-OH is 1. The Balaban J connectivity index is 1.68. The van der Waals surface area contributed by atoms with Crippen molar-refractivity contribution in [3.05, 3.63) is 95.1 Å². The molecule has 32 heavy (non-hydrogen) atoms. The van der Waals surface area contributed by atoms with Crippen molar-refractivity contribution in [3.63, 3.8) is 0 Å². The largest absolute Gasteiger partial charge is 0.394 e. The molecule has 0 bridgehead atoms. The molecule has 2 atom stereocenters. The van der Waals surface area contributed by atoms with Gasteiger partial charge in [0.1, 0.15) is 0 Å². The van der Waals surface area contributed by atoms with Crippen LogP contribution in [-0.2, 0) is 17.7 Å². The third-order valence-electron chi connectivity index (χ3n) is 6.11. The highest BCUT2D eigenvalue weighted by Gasteiger charge is 2.39. The van der Waals surface area contributed by atoms with Gasteiger partial charge in [0, 0.05) is 13.7 Å². The number of aliphatic hydroxyl groups is 1. The predicted octanol–water partition coefficient (Wildman–Crippen LogP) is 4.21. The molecule has 1 heterocycles. The van der Waals surface area contributed by atoms with Gasteiger partial charge in [0.25, 0.3) is 0 Å². The Morgan fingerprint density at radius 3 is 2.06 bits per heavy atom. The summed E-state index contributed by atoms with van der Waals surface area (Å²) in [5.41, 5.74) is 7.24. The number of ether oxygens (including phenoxy) is 1. The Labute approximate surface area is 191 Å². The highest BCUT2D eigenvalue weighted by Crippen LogP contribution is 2.41. The van der Waals surface area contributed by atoms with Gasteiger partial charge in [-0.2, -0.15) is 0 Å². The van der Waals surface area contributed by atoms with Gasteiger partial charge in [-0.25, -0.2) is 0 Å². The molecule has 0 aliphatic carbocycles. The van der Waals surface area contributed by atoms with Gasteiger partial charge >= 0.3 is 0 Å². The molecule has 0 fully saturated rings. The van der Waals surface area contributed by atoms with Crippen LogP contribution in [0.4, 0.5) is 11.4 Å². The molecule has 0 amide bonds. The third kappa shape index (κ3) is 4.80. The van der Waals surface area contributed by atoms with Crippen LogP contribution in [0, 0.1) is 13.8 Å². The van der Waals surface area contributed by atoms with Gasteiger partial charge in [-0.15, -0.1) is 0 Å². The van der Waals surface area contributed by atoms with Crippen LogP contribution < -0.4 is 15.1 Å². The highest BCUT2D eigenvalue weighted by molar-refractivity contribution is 5.78. The molecule has 1 aliphatic rings. The monoisotopic (exact) mass is 431 g/mol. The minimum atomic E-state index is -0.128. The molecular weight excluding hydrogens is 398 g/mol. The van der Waals surface area contributed by atoms with E-state index in [9.17, 15) is 5.11 Å². The molecule has 3 aromatic carbocycles. The van der Waals surface area contributed by atoms with E-state index in [0.29, 0.717) is 6.73 Å². The predicted molar refractivity (Wildman–Crippen MR) is 131 cm³/mol. The first-order valence-electron chi connectivity index (χ1n) is 11.2. The number of nitrogens with one attached hydrogen (secondary N) is 1. The fraction of sp³-hybridized carbons (Fsp3) is 0.333. The molecule has 0 aromatic heterocycles. The minimum Gasteiger partial charge on any atom is -0.394 e. The summed E-state index contributed by atoms with van der Waals surface area (Å²) in [4.78, 5) is 4.67. The smallest absolute Gasteiger partial charge is 0.160 e. The number of fused-ring (bicyclic) bond motifs is 1. The average Bonchev–Trinajstić information content (AvgIpc) is 3.12. The SMILES string of the molecule is COCNC1N(Cc2ccc(C)cc2)c2ccccc2N1C(CO)Cc1ccc(C)cc1. The van der Waals surface area contributed by atoms with E-state index >= 15 is 0 Å². The molecule has 4 rings (SSSR count). The topological polar surface area (TPSA) is 48.0 Å². The highest BCUT2D eigenvalue weighted by atomic mass is 16.5. The van der Waals surface area contributed by atoms with Gasteiger partial charge < -0.3 is 19.6 Å². The fourth-order valence-corrected chi connectivity index (χ4v) is 4.41. The van der Waals surface area contributed by atoms with Gasteiger partial charge in [-0.1, -0.05) is 71.8 Å². The van der Waals surface area contributed by atoms with Crippen molar-refractivity contribution in [3.8, 4) is 0 Å². The van der Waals surface area contributed by atoms with Gasteiger partial charge in [0.2, 0.25) is 0 Å². The van der Waals surface area contributed by atoms with Gasteiger partial charge in [-0.05, 0) is 43.5 Å². The zero-order valence-electron chi connectivity index (χ0n) is 19.2. The summed E-state index contributed by atoms with van der Waals surface area (Å²) in [5, 5.41) is 14.0. The van der Waals surface area contributed by atoms with Crippen LogP contribution in [0.3, 0.4) is 0 Å². The van der Waals surface area contributed by atoms with Crippen LogP contribution in [-0.4, -0.2) is 37.9 Å². The summed E-state index contributed by atoms with van der Waals surface area (Å²) in [6.45, 7) is 5.44. The maximum Gasteiger partial charge on any atom is 0.160 e. The maximum atomic E-state index is 10.5. The molecule has 0 radical (unpaired) electrons. The summed E-state index contributed by atoms with van der Waals surface area (Å²) in [6, 6.07) is 25.6. The molecule has 2 unspecified atom stereocenters. The quantitative estimate of drug-likeness (QED) is 0.497. The van der Waals surface area contributed by atoms with E-state index in [4.69, 9.17) is 4.74 Å². The van der Waals surface area contributed by atoms with E-state index in [1.54, 1.807) is 7.11 Å². The van der Waals surface area contributed by atoms with Crippen molar-refractivity contribution >= 4 is 11.4 Å². The Bertz CT molecular complexity index is 1000. The first-order valence-corrected chi connectivity index (χ1v) is 11.2. The molecule has 0 saturated heterocycles. The molecule has 0 saturated carbocycles. The molecule has 2 N–H and O–H groups in total. The number of nitrogens with zero attached hydrogens (tertiary/aromatic N) is 2. The molecule has 5 heteroatoms. The number of anilines is 2. The summed E-state index contributed by atoms with van der Waals surface area (Å²) < 4.78 is 5.38. The van der Waals surface area contributed by atoms with Crippen molar-refractivity contribution in [2.24, 2.45) is 0 Å². The third-order valence-corrected chi connectivity index (χ3v) is 6.11. The van der Waals surface area contributed by atoms with Crippen LogP contribution in [0.2, 0.25) is 0 Å². The molecular formula is C27H33N3O2. The standard InChI is InChI=1S/C27H33N3O2/c1-20-8-12-22(13-9-20)16-24(18-31)30-26-7-5-4-6-25(26)29(27(30)28-19-32-3)17-23-14-10-21(2)11-15-23/h4-15,24,27-28,31H,16-19H2,1-3H3. The van der Waals surface area contributed by atoms with Gasteiger partial charge in [0.05, 0.1) is 30.8 Å².